The summed E-state index contributed by atoms with van der Waals surface area (Å²) in [6.45, 7) is 0.279. The minimum atomic E-state index is -0.538. The Kier molecular flexibility index (Phi) is 5.06. The Morgan fingerprint density at radius 3 is 2.52 bits per heavy atom. The third kappa shape index (κ3) is 3.59. The Morgan fingerprint density at radius 1 is 1.15 bits per heavy atom. The maximum absolute atomic E-state index is 12.3. The van der Waals surface area contributed by atoms with E-state index >= 15 is 0 Å². The van der Waals surface area contributed by atoms with Gasteiger partial charge in [-0.15, -0.1) is 5.10 Å². The monoisotopic (exact) mass is 372 g/mol. The van der Waals surface area contributed by atoms with Crippen LogP contribution in [0.4, 0.5) is 0 Å². The number of hydrogen-bond donors (Lipinski definition) is 1. The van der Waals surface area contributed by atoms with Crippen LogP contribution < -0.4 is 21.3 Å². The van der Waals surface area contributed by atoms with Crippen LogP contribution in [0, 0.1) is 0 Å². The molecule has 0 bridgehead atoms. The molecule has 10 heteroatoms. The fourth-order valence-electron chi connectivity index (χ4n) is 2.74. The van der Waals surface area contributed by atoms with Gasteiger partial charge in [-0.2, -0.15) is 0 Å². The molecule has 0 fully saturated rings. The largest absolute Gasteiger partial charge is 0.497 e. The lowest BCUT2D eigenvalue weighted by atomic mass is 10.1. The minimum Gasteiger partial charge on any atom is -0.497 e. The summed E-state index contributed by atoms with van der Waals surface area (Å²) in [6.07, 6.45) is 0.657. The highest BCUT2D eigenvalue weighted by Crippen LogP contribution is 2.11. The summed E-state index contributed by atoms with van der Waals surface area (Å²) in [5.41, 5.74) is 0.290. The number of rotatable bonds is 6. The Bertz CT molecular complexity index is 1090. The van der Waals surface area contributed by atoms with Crippen LogP contribution in [0.2, 0.25) is 0 Å². The normalized spacial score (nSPS) is 10.9. The number of aromatic nitrogens is 5. The predicted molar refractivity (Wildman–Crippen MR) is 97.7 cm³/mol. The Balaban J connectivity index is 1.67. The average Bonchev–Trinajstić information content (AvgIpc) is 3.08. The van der Waals surface area contributed by atoms with Crippen molar-refractivity contribution in [1.29, 1.82) is 0 Å². The number of aryl methyl sites for hydroxylation is 1. The van der Waals surface area contributed by atoms with E-state index in [1.807, 2.05) is 24.3 Å². The second-order valence-electron chi connectivity index (χ2n) is 6.07. The van der Waals surface area contributed by atoms with E-state index in [2.05, 4.69) is 15.6 Å². The van der Waals surface area contributed by atoms with Crippen molar-refractivity contribution in [2.75, 3.05) is 13.7 Å². The Hall–Kier alpha value is -3.43. The van der Waals surface area contributed by atoms with Crippen molar-refractivity contribution in [3.8, 4) is 5.75 Å². The molecule has 3 rings (SSSR count). The lowest BCUT2D eigenvalue weighted by Crippen LogP contribution is -2.38. The van der Waals surface area contributed by atoms with Crippen molar-refractivity contribution >= 4 is 17.1 Å². The molecule has 10 nitrogen and oxygen atoms in total. The van der Waals surface area contributed by atoms with E-state index in [1.165, 1.54) is 23.3 Å². The number of benzene rings is 1. The van der Waals surface area contributed by atoms with Crippen LogP contribution in [0.3, 0.4) is 0 Å². The number of nitrogens with zero attached hydrogens (tertiary/aromatic N) is 5. The molecule has 0 spiro atoms. The molecule has 0 radical (unpaired) electrons. The van der Waals surface area contributed by atoms with Crippen LogP contribution in [0.5, 0.6) is 5.75 Å². The fraction of sp³-hybridized carbons (Fsp3) is 0.353. The van der Waals surface area contributed by atoms with Gasteiger partial charge in [0.05, 0.1) is 7.11 Å². The molecule has 142 valence electrons. The summed E-state index contributed by atoms with van der Waals surface area (Å²) in [5, 5.41) is 10.5. The molecule has 0 aliphatic heterocycles. The summed E-state index contributed by atoms with van der Waals surface area (Å²) < 4.78 is 8.50. The van der Waals surface area contributed by atoms with Gasteiger partial charge in [0.15, 0.2) is 11.2 Å². The number of amides is 1. The summed E-state index contributed by atoms with van der Waals surface area (Å²) in [4.78, 5) is 36.4. The number of methoxy groups -OCH3 is 1. The van der Waals surface area contributed by atoms with Gasteiger partial charge >= 0.3 is 5.69 Å². The quantitative estimate of drug-likeness (QED) is 0.606. The van der Waals surface area contributed by atoms with Gasteiger partial charge in [-0.3, -0.25) is 18.7 Å². The van der Waals surface area contributed by atoms with Crippen LogP contribution in [-0.4, -0.2) is 43.7 Å². The van der Waals surface area contributed by atoms with Crippen molar-refractivity contribution in [1.82, 2.24) is 29.4 Å². The Labute approximate surface area is 154 Å². The lowest BCUT2D eigenvalue weighted by molar-refractivity contribution is -0.121. The molecule has 2 aromatic heterocycles. The molecule has 0 atom stereocenters. The third-order valence-electron chi connectivity index (χ3n) is 4.30. The summed E-state index contributed by atoms with van der Waals surface area (Å²) in [6, 6.07) is 7.58. The number of fused-ring (bicyclic) bond motifs is 1. The van der Waals surface area contributed by atoms with Crippen molar-refractivity contribution in [3.63, 3.8) is 0 Å². The van der Waals surface area contributed by atoms with Gasteiger partial charge < -0.3 is 10.1 Å². The van der Waals surface area contributed by atoms with E-state index in [1.54, 1.807) is 7.11 Å². The number of carbonyl (C=O) groups excluding carboxylic acids is 1. The van der Waals surface area contributed by atoms with E-state index < -0.39 is 11.2 Å². The first kappa shape index (κ1) is 18.4. The number of nitrogens with one attached hydrogen (secondary N) is 1. The first-order valence-electron chi connectivity index (χ1n) is 8.31. The second-order valence-corrected chi connectivity index (χ2v) is 6.07. The molecular formula is C17H20N6O4. The van der Waals surface area contributed by atoms with Crippen molar-refractivity contribution in [2.45, 2.75) is 13.0 Å². The SMILES string of the molecule is COc1ccc(CCNC(=O)Cn2nnc3c2c(=O)n(C)c(=O)n3C)cc1. The third-order valence-corrected chi connectivity index (χ3v) is 4.30. The van der Waals surface area contributed by atoms with Crippen LogP contribution in [-0.2, 0) is 31.9 Å². The maximum Gasteiger partial charge on any atom is 0.332 e. The van der Waals surface area contributed by atoms with Crippen LogP contribution in [0.25, 0.3) is 11.2 Å². The molecular weight excluding hydrogens is 352 g/mol. The van der Waals surface area contributed by atoms with Crippen LogP contribution in [0.1, 0.15) is 5.56 Å². The van der Waals surface area contributed by atoms with E-state index in [-0.39, 0.29) is 23.6 Å². The zero-order valence-corrected chi connectivity index (χ0v) is 15.3. The van der Waals surface area contributed by atoms with Crippen molar-refractivity contribution in [3.05, 3.63) is 50.7 Å². The van der Waals surface area contributed by atoms with Crippen LogP contribution >= 0.6 is 0 Å². The topological polar surface area (TPSA) is 113 Å². The van der Waals surface area contributed by atoms with Gasteiger partial charge in [0.2, 0.25) is 5.91 Å². The first-order valence-corrected chi connectivity index (χ1v) is 8.31. The van der Waals surface area contributed by atoms with Crippen molar-refractivity contribution in [2.24, 2.45) is 14.1 Å². The number of hydrogen-bond acceptors (Lipinski definition) is 6. The molecule has 27 heavy (non-hydrogen) atoms. The number of ether oxygens (including phenoxy) is 1. The average molecular weight is 372 g/mol. The summed E-state index contributed by atoms with van der Waals surface area (Å²) in [7, 11) is 4.47. The van der Waals surface area contributed by atoms with Gasteiger partial charge in [0, 0.05) is 20.6 Å². The highest BCUT2D eigenvalue weighted by Gasteiger charge is 2.17. The molecule has 0 saturated carbocycles. The molecule has 1 aromatic carbocycles. The van der Waals surface area contributed by atoms with Gasteiger partial charge in [0.1, 0.15) is 12.3 Å². The smallest absolute Gasteiger partial charge is 0.332 e. The first-order chi connectivity index (χ1) is 12.9. The van der Waals surface area contributed by atoms with Gasteiger partial charge in [-0.05, 0) is 24.1 Å². The van der Waals surface area contributed by atoms with E-state index in [9.17, 15) is 14.4 Å². The molecule has 3 aromatic rings. The summed E-state index contributed by atoms with van der Waals surface area (Å²) in [5.74, 6) is 0.475. The Morgan fingerprint density at radius 2 is 1.85 bits per heavy atom. The fourth-order valence-corrected chi connectivity index (χ4v) is 2.74. The summed E-state index contributed by atoms with van der Waals surface area (Å²) >= 11 is 0. The second kappa shape index (κ2) is 7.44. The van der Waals surface area contributed by atoms with E-state index in [0.29, 0.717) is 13.0 Å². The molecule has 1 N–H and O–H groups in total. The van der Waals surface area contributed by atoms with Crippen LogP contribution in [0.15, 0.2) is 33.9 Å². The molecule has 0 aliphatic rings. The molecule has 0 saturated heterocycles. The standard InChI is InChI=1S/C17H20N6O4/c1-21-15-14(16(25)22(2)17(21)26)23(20-19-15)10-13(24)18-9-8-11-4-6-12(27-3)7-5-11/h4-7H,8-10H2,1-3H3,(H,18,24). The molecule has 0 aliphatic carbocycles. The van der Waals surface area contributed by atoms with Crippen molar-refractivity contribution < 1.29 is 9.53 Å². The maximum atomic E-state index is 12.3. The highest BCUT2D eigenvalue weighted by atomic mass is 16.5. The van der Waals surface area contributed by atoms with E-state index in [4.69, 9.17) is 4.74 Å². The van der Waals surface area contributed by atoms with Gasteiger partial charge in [-0.25, -0.2) is 9.48 Å². The molecule has 1 amide bonds. The lowest BCUT2D eigenvalue weighted by Gasteiger charge is -2.07. The minimum absolute atomic E-state index is 0.116. The number of carbonyl (C=O) groups is 1. The van der Waals surface area contributed by atoms with E-state index in [0.717, 1.165) is 15.9 Å². The molecule has 2 heterocycles. The van der Waals surface area contributed by atoms with Gasteiger partial charge in [-0.1, -0.05) is 17.3 Å². The van der Waals surface area contributed by atoms with Gasteiger partial charge in [0.25, 0.3) is 5.56 Å². The zero-order valence-electron chi connectivity index (χ0n) is 15.3. The predicted octanol–water partition coefficient (Wildman–Crippen LogP) is -0.804. The zero-order chi connectivity index (χ0) is 19.6. The molecule has 0 unspecified atom stereocenters. The highest BCUT2D eigenvalue weighted by molar-refractivity contribution is 5.78.